The molecule has 28 heavy (non-hydrogen) atoms. The Morgan fingerprint density at radius 3 is 2.36 bits per heavy atom. The number of nitrogens with zero attached hydrogens (tertiary/aromatic N) is 2. The second-order valence-electron chi connectivity index (χ2n) is 6.38. The van der Waals surface area contributed by atoms with Crippen molar-refractivity contribution in [2.24, 2.45) is 5.92 Å². The van der Waals surface area contributed by atoms with Crippen LogP contribution in [-0.2, 0) is 9.57 Å². The average Bonchev–Trinajstić information content (AvgIpc) is 2.69. The molecule has 162 valence electrons. The van der Waals surface area contributed by atoms with E-state index in [0.717, 1.165) is 29.3 Å². The lowest BCUT2D eigenvalue weighted by molar-refractivity contribution is 0.0731. The zero-order valence-electron chi connectivity index (χ0n) is 18.8. The van der Waals surface area contributed by atoms with Crippen LogP contribution in [0, 0.1) is 12.8 Å². The number of nitrogens with one attached hydrogen (secondary N) is 1. The number of methoxy groups -OCH3 is 1. The van der Waals surface area contributed by atoms with Gasteiger partial charge in [0.15, 0.2) is 5.78 Å². The molecule has 0 radical (unpaired) electrons. The monoisotopic (exact) mass is 413 g/mol. The normalized spacial score (nSPS) is 10.7. The molecule has 0 unspecified atom stereocenters. The topological polar surface area (TPSA) is 73.3 Å². The third-order valence-corrected chi connectivity index (χ3v) is 3.70. The van der Waals surface area contributed by atoms with Crippen molar-refractivity contribution in [2.75, 3.05) is 33.6 Å². The van der Waals surface area contributed by atoms with Crippen molar-refractivity contribution in [2.45, 2.75) is 53.9 Å². The lowest BCUT2D eigenvalue weighted by Gasteiger charge is -2.10. The van der Waals surface area contributed by atoms with E-state index < -0.39 is 0 Å². The molecular formula is C21H39N3O3S. The third kappa shape index (κ3) is 13.0. The summed E-state index contributed by atoms with van der Waals surface area (Å²) in [6, 6.07) is 0. The summed E-state index contributed by atoms with van der Waals surface area (Å²) >= 11 is 3.53. The van der Waals surface area contributed by atoms with Gasteiger partial charge in [0.2, 0.25) is 0 Å². The summed E-state index contributed by atoms with van der Waals surface area (Å²) in [5, 5.41) is 0. The molecule has 0 fully saturated rings. The van der Waals surface area contributed by atoms with Crippen molar-refractivity contribution in [1.82, 2.24) is 15.4 Å². The standard InChI is InChI=1S/C14H21N3O3.C6H14.CH4S/c1-5-11(6-7-19-3)14-10(2)17-12(8-15-14)13(18)9-16-20-4;1-4-5-6(2)3;1-2/h5,8,16H,6-7,9H2,1-4H3;6H,4-5H2,1-3H3;2H,1H3/b11-5-;;. The van der Waals surface area contributed by atoms with Crippen LogP contribution in [0.25, 0.3) is 5.57 Å². The van der Waals surface area contributed by atoms with Gasteiger partial charge in [0.05, 0.1) is 37.8 Å². The van der Waals surface area contributed by atoms with E-state index >= 15 is 0 Å². The number of aromatic nitrogens is 2. The van der Waals surface area contributed by atoms with Gasteiger partial charge in [0.25, 0.3) is 0 Å². The van der Waals surface area contributed by atoms with Crippen LogP contribution >= 0.6 is 12.6 Å². The summed E-state index contributed by atoms with van der Waals surface area (Å²) in [6.45, 7) is 11.2. The molecule has 1 aromatic heterocycles. The van der Waals surface area contributed by atoms with Crippen LogP contribution in [-0.4, -0.2) is 49.4 Å². The molecule has 1 rings (SSSR count). The van der Waals surface area contributed by atoms with Crippen LogP contribution in [0.3, 0.4) is 0 Å². The van der Waals surface area contributed by atoms with Gasteiger partial charge in [-0.15, -0.1) is 0 Å². The number of ketones is 1. The van der Waals surface area contributed by atoms with Crippen molar-refractivity contribution in [3.8, 4) is 0 Å². The quantitative estimate of drug-likeness (QED) is 0.333. The SMILES string of the molecule is C/C=C(/CCOC)c1ncc(C(=O)CNOC)nc1C.CCCC(C)C.CS. The van der Waals surface area contributed by atoms with Crippen LogP contribution in [0.5, 0.6) is 0 Å². The molecule has 0 aromatic carbocycles. The molecule has 1 heterocycles. The minimum atomic E-state index is -0.159. The minimum Gasteiger partial charge on any atom is -0.384 e. The highest BCUT2D eigenvalue weighted by Gasteiger charge is 2.12. The lowest BCUT2D eigenvalue weighted by Crippen LogP contribution is -2.23. The molecule has 7 heteroatoms. The van der Waals surface area contributed by atoms with Gasteiger partial charge in [-0.25, -0.2) is 4.98 Å². The summed E-state index contributed by atoms with van der Waals surface area (Å²) in [5.41, 5.74) is 5.43. The van der Waals surface area contributed by atoms with E-state index in [1.807, 2.05) is 19.9 Å². The van der Waals surface area contributed by atoms with Crippen LogP contribution in [0.1, 0.15) is 68.8 Å². The molecule has 0 atom stereocenters. The number of ether oxygens (including phenoxy) is 1. The van der Waals surface area contributed by atoms with Gasteiger partial charge < -0.3 is 9.57 Å². The van der Waals surface area contributed by atoms with Crippen molar-refractivity contribution in [3.63, 3.8) is 0 Å². The zero-order chi connectivity index (χ0) is 21.9. The second-order valence-corrected chi connectivity index (χ2v) is 6.38. The molecule has 0 aliphatic carbocycles. The van der Waals surface area contributed by atoms with Gasteiger partial charge >= 0.3 is 0 Å². The van der Waals surface area contributed by atoms with Crippen molar-refractivity contribution in [1.29, 1.82) is 0 Å². The Morgan fingerprint density at radius 1 is 1.32 bits per heavy atom. The smallest absolute Gasteiger partial charge is 0.198 e. The number of carbonyl (C=O) groups is 1. The highest BCUT2D eigenvalue weighted by atomic mass is 32.1. The molecule has 0 amide bonds. The summed E-state index contributed by atoms with van der Waals surface area (Å²) in [7, 11) is 3.12. The Morgan fingerprint density at radius 2 is 1.96 bits per heavy atom. The Hall–Kier alpha value is -1.28. The summed E-state index contributed by atoms with van der Waals surface area (Å²) in [5.74, 6) is 0.739. The molecule has 0 aliphatic heterocycles. The minimum absolute atomic E-state index is 0.0735. The van der Waals surface area contributed by atoms with Gasteiger partial charge in [-0.05, 0) is 38.0 Å². The van der Waals surface area contributed by atoms with Crippen molar-refractivity contribution < 1.29 is 14.4 Å². The summed E-state index contributed by atoms with van der Waals surface area (Å²) in [6.07, 6.45) is 8.65. The number of rotatable bonds is 10. The van der Waals surface area contributed by atoms with E-state index in [4.69, 9.17) is 4.74 Å². The molecule has 6 nitrogen and oxygen atoms in total. The number of hydrogen-bond donors (Lipinski definition) is 2. The molecule has 1 aromatic rings. The maximum Gasteiger partial charge on any atom is 0.198 e. The first-order valence-electron chi connectivity index (χ1n) is 9.63. The molecule has 0 saturated carbocycles. The molecule has 0 saturated heterocycles. The highest BCUT2D eigenvalue weighted by molar-refractivity contribution is 7.79. The first-order valence-corrected chi connectivity index (χ1v) is 10.5. The molecule has 0 bridgehead atoms. The fraction of sp³-hybridized carbons (Fsp3) is 0.667. The van der Waals surface area contributed by atoms with Gasteiger partial charge in [-0.3, -0.25) is 9.78 Å². The van der Waals surface area contributed by atoms with Crippen LogP contribution in [0.15, 0.2) is 12.3 Å². The van der Waals surface area contributed by atoms with E-state index in [1.54, 1.807) is 13.4 Å². The number of allylic oxidation sites excluding steroid dienone is 1. The predicted molar refractivity (Wildman–Crippen MR) is 121 cm³/mol. The van der Waals surface area contributed by atoms with Crippen LogP contribution in [0.2, 0.25) is 0 Å². The van der Waals surface area contributed by atoms with Gasteiger partial charge in [0.1, 0.15) is 5.69 Å². The Kier molecular flexibility index (Phi) is 19.7. The summed E-state index contributed by atoms with van der Waals surface area (Å²) in [4.78, 5) is 25.1. The molecular weight excluding hydrogens is 374 g/mol. The van der Waals surface area contributed by atoms with Gasteiger partial charge in [-0.1, -0.05) is 39.7 Å². The predicted octanol–water partition coefficient (Wildman–Crippen LogP) is 4.55. The first kappa shape index (κ1) is 28.9. The lowest BCUT2D eigenvalue weighted by atomic mass is 10.1. The Labute approximate surface area is 176 Å². The molecule has 0 spiro atoms. The Balaban J connectivity index is 0. The van der Waals surface area contributed by atoms with Crippen molar-refractivity contribution in [3.05, 3.63) is 29.4 Å². The Bertz CT molecular complexity index is 564. The maximum atomic E-state index is 11.8. The van der Waals surface area contributed by atoms with E-state index in [2.05, 4.69) is 53.7 Å². The van der Waals surface area contributed by atoms with E-state index in [9.17, 15) is 4.79 Å². The number of hydroxylamine groups is 1. The van der Waals surface area contributed by atoms with E-state index in [1.165, 1.54) is 26.1 Å². The number of thiol groups is 1. The third-order valence-electron chi connectivity index (χ3n) is 3.70. The van der Waals surface area contributed by atoms with Crippen LogP contribution in [0.4, 0.5) is 0 Å². The fourth-order valence-electron chi connectivity index (χ4n) is 2.35. The fourth-order valence-corrected chi connectivity index (χ4v) is 2.35. The van der Waals surface area contributed by atoms with Crippen LogP contribution < -0.4 is 5.48 Å². The zero-order valence-corrected chi connectivity index (χ0v) is 19.7. The average molecular weight is 414 g/mol. The summed E-state index contributed by atoms with van der Waals surface area (Å²) < 4.78 is 5.08. The molecule has 0 aliphatic rings. The highest BCUT2D eigenvalue weighted by Crippen LogP contribution is 2.18. The van der Waals surface area contributed by atoms with E-state index in [0.29, 0.717) is 12.3 Å². The largest absolute Gasteiger partial charge is 0.384 e. The number of aryl methyl sites for hydroxylation is 1. The first-order chi connectivity index (χ1) is 13.4. The number of carbonyl (C=O) groups excluding carboxylic acids is 1. The van der Waals surface area contributed by atoms with Gasteiger partial charge in [0, 0.05) is 7.11 Å². The van der Waals surface area contributed by atoms with E-state index in [-0.39, 0.29) is 12.3 Å². The number of hydrogen-bond acceptors (Lipinski definition) is 7. The van der Waals surface area contributed by atoms with Gasteiger partial charge in [-0.2, -0.15) is 18.1 Å². The second kappa shape index (κ2) is 19.1. The van der Waals surface area contributed by atoms with Crippen molar-refractivity contribution >= 4 is 24.0 Å². The molecule has 1 N–H and O–H groups in total. The number of Topliss-reactive ketones (excluding diaryl/α,β-unsaturated/α-hetero) is 1. The maximum absolute atomic E-state index is 11.8.